The average molecular weight is 275 g/mol. The molecule has 2 nitrogen and oxygen atoms in total. The highest BCUT2D eigenvalue weighted by molar-refractivity contribution is 7.10. The van der Waals surface area contributed by atoms with Crippen LogP contribution in [0, 0.1) is 20.8 Å². The number of thiophene rings is 1. The van der Waals surface area contributed by atoms with Crippen LogP contribution in [-0.4, -0.2) is 6.04 Å². The van der Waals surface area contributed by atoms with E-state index in [4.69, 9.17) is 10.5 Å². The van der Waals surface area contributed by atoms with Gasteiger partial charge in [0.25, 0.3) is 0 Å². The van der Waals surface area contributed by atoms with Gasteiger partial charge in [0.15, 0.2) is 0 Å². The first-order valence-corrected chi connectivity index (χ1v) is 7.40. The third-order valence-corrected chi connectivity index (χ3v) is 4.46. The highest BCUT2D eigenvalue weighted by Crippen LogP contribution is 2.31. The van der Waals surface area contributed by atoms with Crippen molar-refractivity contribution in [3.8, 4) is 5.75 Å². The second-order valence-electron chi connectivity index (χ2n) is 5.11. The van der Waals surface area contributed by atoms with Crippen LogP contribution in [0.15, 0.2) is 29.6 Å². The fourth-order valence-electron chi connectivity index (χ4n) is 2.01. The molecule has 0 aliphatic heterocycles. The minimum Gasteiger partial charge on any atom is -0.483 e. The van der Waals surface area contributed by atoms with Crippen molar-refractivity contribution in [1.29, 1.82) is 0 Å². The summed E-state index contributed by atoms with van der Waals surface area (Å²) in [4.78, 5) is 1.22. The van der Waals surface area contributed by atoms with E-state index < -0.39 is 0 Å². The maximum atomic E-state index is 6.12. The zero-order valence-electron chi connectivity index (χ0n) is 11.9. The van der Waals surface area contributed by atoms with Crippen LogP contribution in [-0.2, 0) is 0 Å². The number of rotatable bonds is 4. The minimum atomic E-state index is -0.0814. The Balaban J connectivity index is 2.27. The summed E-state index contributed by atoms with van der Waals surface area (Å²) < 4.78 is 6.12. The smallest absolute Gasteiger partial charge is 0.148 e. The zero-order valence-corrected chi connectivity index (χ0v) is 12.8. The van der Waals surface area contributed by atoms with Crippen LogP contribution in [0.5, 0.6) is 5.75 Å². The highest BCUT2D eigenvalue weighted by atomic mass is 32.1. The van der Waals surface area contributed by atoms with E-state index in [1.807, 2.05) is 13.0 Å². The molecule has 0 aliphatic rings. The second-order valence-corrected chi connectivity index (χ2v) is 6.06. The molecule has 0 spiro atoms. The normalized spacial score (nSPS) is 14.2. The van der Waals surface area contributed by atoms with Gasteiger partial charge in [-0.05, 0) is 68.0 Å². The Hall–Kier alpha value is -1.32. The molecule has 1 aromatic heterocycles. The van der Waals surface area contributed by atoms with E-state index in [1.165, 1.54) is 21.6 Å². The fraction of sp³-hybridized carbons (Fsp3) is 0.375. The van der Waals surface area contributed by atoms with Gasteiger partial charge in [0, 0.05) is 10.9 Å². The molecule has 0 amide bonds. The third-order valence-electron chi connectivity index (χ3n) is 3.38. The lowest BCUT2D eigenvalue weighted by atomic mass is 10.1. The number of hydrogen-bond acceptors (Lipinski definition) is 3. The Bertz CT molecular complexity index is 560. The summed E-state index contributed by atoms with van der Waals surface area (Å²) in [6.45, 7) is 8.29. The van der Waals surface area contributed by atoms with Crippen molar-refractivity contribution < 1.29 is 4.74 Å². The van der Waals surface area contributed by atoms with Crippen LogP contribution < -0.4 is 10.5 Å². The van der Waals surface area contributed by atoms with Gasteiger partial charge in [-0.15, -0.1) is 11.3 Å². The van der Waals surface area contributed by atoms with E-state index in [-0.39, 0.29) is 12.1 Å². The zero-order chi connectivity index (χ0) is 14.0. The number of ether oxygens (including phenoxy) is 1. The highest BCUT2D eigenvalue weighted by Gasteiger charge is 2.21. The summed E-state index contributed by atoms with van der Waals surface area (Å²) in [5.74, 6) is 0.887. The van der Waals surface area contributed by atoms with Crippen LogP contribution in [0.4, 0.5) is 0 Å². The molecule has 1 heterocycles. The van der Waals surface area contributed by atoms with E-state index in [2.05, 4.69) is 44.4 Å². The van der Waals surface area contributed by atoms with Gasteiger partial charge in [-0.1, -0.05) is 6.07 Å². The molecule has 0 bridgehead atoms. The molecule has 1 aromatic carbocycles. The molecule has 3 heteroatoms. The summed E-state index contributed by atoms with van der Waals surface area (Å²) >= 11 is 1.71. The summed E-state index contributed by atoms with van der Waals surface area (Å²) in [7, 11) is 0. The first-order chi connectivity index (χ1) is 8.99. The van der Waals surface area contributed by atoms with Crippen molar-refractivity contribution in [1.82, 2.24) is 0 Å². The topological polar surface area (TPSA) is 35.2 Å². The average Bonchev–Trinajstić information content (AvgIpc) is 2.76. The summed E-state index contributed by atoms with van der Waals surface area (Å²) in [6.07, 6.45) is -0.0814. The molecule has 2 unspecified atom stereocenters. The van der Waals surface area contributed by atoms with Crippen LogP contribution in [0.1, 0.15) is 34.6 Å². The number of benzene rings is 1. The maximum Gasteiger partial charge on any atom is 0.148 e. The van der Waals surface area contributed by atoms with Gasteiger partial charge < -0.3 is 10.5 Å². The Morgan fingerprint density at radius 1 is 1.05 bits per heavy atom. The van der Waals surface area contributed by atoms with Crippen LogP contribution >= 0.6 is 11.3 Å². The van der Waals surface area contributed by atoms with Crippen molar-refractivity contribution in [2.24, 2.45) is 5.73 Å². The van der Waals surface area contributed by atoms with Gasteiger partial charge in [0.1, 0.15) is 11.9 Å². The Labute approximate surface area is 119 Å². The number of nitrogens with two attached hydrogens (primary N) is 1. The monoisotopic (exact) mass is 275 g/mol. The first kappa shape index (κ1) is 14.1. The van der Waals surface area contributed by atoms with Gasteiger partial charge in [0.2, 0.25) is 0 Å². The van der Waals surface area contributed by atoms with Crippen LogP contribution in [0.25, 0.3) is 0 Å². The van der Waals surface area contributed by atoms with Crippen molar-refractivity contribution in [3.05, 3.63) is 51.2 Å². The van der Waals surface area contributed by atoms with Gasteiger partial charge in [-0.25, -0.2) is 0 Å². The molecule has 2 atom stereocenters. The molecule has 0 saturated heterocycles. The van der Waals surface area contributed by atoms with E-state index in [1.54, 1.807) is 11.3 Å². The SMILES string of the molecule is Cc1ccc(OC(c2sccc2C)C(C)N)cc1C. The lowest BCUT2D eigenvalue weighted by molar-refractivity contribution is 0.183. The summed E-state index contributed by atoms with van der Waals surface area (Å²) in [5.41, 5.74) is 9.86. The predicted octanol–water partition coefficient (Wildman–Crippen LogP) is 4.14. The lowest BCUT2D eigenvalue weighted by Gasteiger charge is -2.23. The van der Waals surface area contributed by atoms with Crippen molar-refractivity contribution in [3.63, 3.8) is 0 Å². The molecule has 0 radical (unpaired) electrons. The molecule has 0 saturated carbocycles. The molecule has 2 aromatic rings. The van der Waals surface area contributed by atoms with E-state index in [0.717, 1.165) is 5.75 Å². The molecular formula is C16H21NOS. The summed E-state index contributed by atoms with van der Waals surface area (Å²) in [6, 6.07) is 8.25. The fourth-order valence-corrected chi connectivity index (χ4v) is 3.08. The van der Waals surface area contributed by atoms with Crippen molar-refractivity contribution in [2.75, 3.05) is 0 Å². The Kier molecular flexibility index (Phi) is 4.27. The van der Waals surface area contributed by atoms with Crippen LogP contribution in [0.3, 0.4) is 0 Å². The van der Waals surface area contributed by atoms with Gasteiger partial charge in [-0.3, -0.25) is 0 Å². The Morgan fingerprint density at radius 2 is 1.79 bits per heavy atom. The third kappa shape index (κ3) is 3.17. The molecular weight excluding hydrogens is 254 g/mol. The van der Waals surface area contributed by atoms with Crippen molar-refractivity contribution in [2.45, 2.75) is 39.8 Å². The minimum absolute atomic E-state index is 0.0426. The molecule has 2 N–H and O–H groups in total. The van der Waals surface area contributed by atoms with Gasteiger partial charge in [0.05, 0.1) is 0 Å². The first-order valence-electron chi connectivity index (χ1n) is 6.52. The molecule has 102 valence electrons. The molecule has 19 heavy (non-hydrogen) atoms. The molecule has 2 rings (SSSR count). The number of aryl methyl sites for hydroxylation is 3. The predicted molar refractivity (Wildman–Crippen MR) is 82.0 cm³/mol. The quantitative estimate of drug-likeness (QED) is 0.910. The molecule has 0 aliphatic carbocycles. The van der Waals surface area contributed by atoms with Gasteiger partial charge >= 0.3 is 0 Å². The largest absolute Gasteiger partial charge is 0.483 e. The number of hydrogen-bond donors (Lipinski definition) is 1. The standard InChI is InChI=1S/C16H21NOS/c1-10-5-6-14(9-12(10)3)18-15(13(4)17)16-11(2)7-8-19-16/h5-9,13,15H,17H2,1-4H3. The van der Waals surface area contributed by atoms with Gasteiger partial charge in [-0.2, -0.15) is 0 Å². The van der Waals surface area contributed by atoms with E-state index in [9.17, 15) is 0 Å². The van der Waals surface area contributed by atoms with Crippen molar-refractivity contribution >= 4 is 11.3 Å². The Morgan fingerprint density at radius 3 is 2.32 bits per heavy atom. The van der Waals surface area contributed by atoms with E-state index in [0.29, 0.717) is 0 Å². The lowest BCUT2D eigenvalue weighted by Crippen LogP contribution is -2.28. The second kappa shape index (κ2) is 5.76. The summed E-state index contributed by atoms with van der Waals surface area (Å²) in [5, 5.41) is 2.09. The van der Waals surface area contributed by atoms with Crippen LogP contribution in [0.2, 0.25) is 0 Å². The van der Waals surface area contributed by atoms with E-state index >= 15 is 0 Å². The molecule has 0 fully saturated rings. The maximum absolute atomic E-state index is 6.12.